The molecule has 2 N–H and O–H groups in total. The molecule has 1 aromatic heterocycles. The highest BCUT2D eigenvalue weighted by atomic mass is 19.1. The number of methoxy groups -OCH3 is 1. The summed E-state index contributed by atoms with van der Waals surface area (Å²) < 4.78 is 18.8. The molecule has 0 aliphatic heterocycles. The summed E-state index contributed by atoms with van der Waals surface area (Å²) in [5.41, 5.74) is 6.59. The van der Waals surface area contributed by atoms with Crippen LogP contribution in [0.3, 0.4) is 0 Å². The van der Waals surface area contributed by atoms with Gasteiger partial charge in [-0.15, -0.1) is 0 Å². The van der Waals surface area contributed by atoms with Crippen molar-refractivity contribution in [1.29, 1.82) is 0 Å². The summed E-state index contributed by atoms with van der Waals surface area (Å²) in [6.07, 6.45) is 1.53. The van der Waals surface area contributed by atoms with Gasteiger partial charge in [0.2, 0.25) is 0 Å². The maximum Gasteiger partial charge on any atom is 0.172 e. The molecule has 0 bridgehead atoms. The second-order valence-electron chi connectivity index (χ2n) is 3.29. The Kier molecular flexibility index (Phi) is 2.72. The summed E-state index contributed by atoms with van der Waals surface area (Å²) >= 11 is 0. The van der Waals surface area contributed by atoms with E-state index in [0.29, 0.717) is 16.9 Å². The molecule has 0 amide bonds. The highest BCUT2D eigenvalue weighted by Gasteiger charge is 2.09. The molecule has 0 atom stereocenters. The molecule has 1 heterocycles. The molecule has 0 spiro atoms. The molecule has 0 saturated heterocycles. The summed E-state index contributed by atoms with van der Waals surface area (Å²) in [6, 6.07) is 8.33. The predicted octanol–water partition coefficient (Wildman–Crippen LogP) is 2.48. The van der Waals surface area contributed by atoms with Crippen molar-refractivity contribution in [2.75, 3.05) is 12.8 Å². The Hall–Kier alpha value is -2.10. The van der Waals surface area contributed by atoms with Gasteiger partial charge in [-0.1, -0.05) is 12.1 Å². The Bertz CT molecular complexity index is 497. The van der Waals surface area contributed by atoms with Crippen molar-refractivity contribution in [3.05, 3.63) is 42.3 Å². The van der Waals surface area contributed by atoms with Crippen molar-refractivity contribution >= 4 is 5.82 Å². The van der Waals surface area contributed by atoms with E-state index in [1.165, 1.54) is 13.3 Å². The van der Waals surface area contributed by atoms with Gasteiger partial charge in [-0.3, -0.25) is 0 Å². The van der Waals surface area contributed by atoms with Crippen molar-refractivity contribution in [1.82, 2.24) is 4.98 Å². The van der Waals surface area contributed by atoms with Gasteiger partial charge in [0.25, 0.3) is 0 Å². The SMILES string of the molecule is COc1cccc(-c2ccc(N)nc2)c1F. The first-order chi connectivity index (χ1) is 7.72. The van der Waals surface area contributed by atoms with Gasteiger partial charge in [0.15, 0.2) is 11.6 Å². The Balaban J connectivity index is 2.51. The normalized spacial score (nSPS) is 10.1. The van der Waals surface area contributed by atoms with Gasteiger partial charge in [-0.25, -0.2) is 9.37 Å². The van der Waals surface area contributed by atoms with E-state index in [1.54, 1.807) is 30.3 Å². The van der Waals surface area contributed by atoms with Crippen LogP contribution in [0.15, 0.2) is 36.5 Å². The smallest absolute Gasteiger partial charge is 0.172 e. The van der Waals surface area contributed by atoms with Gasteiger partial charge in [0, 0.05) is 17.3 Å². The van der Waals surface area contributed by atoms with E-state index in [2.05, 4.69) is 4.98 Å². The molecule has 0 radical (unpaired) electrons. The number of pyridine rings is 1. The van der Waals surface area contributed by atoms with Crippen LogP contribution in [0.25, 0.3) is 11.1 Å². The molecule has 2 aromatic rings. The van der Waals surface area contributed by atoms with Crippen LogP contribution >= 0.6 is 0 Å². The zero-order valence-corrected chi connectivity index (χ0v) is 8.77. The van der Waals surface area contributed by atoms with E-state index in [4.69, 9.17) is 10.5 Å². The number of hydrogen-bond acceptors (Lipinski definition) is 3. The maximum atomic E-state index is 13.9. The fourth-order valence-corrected chi connectivity index (χ4v) is 1.46. The standard InChI is InChI=1S/C12H11FN2O/c1-16-10-4-2-3-9(12(10)13)8-5-6-11(14)15-7-8/h2-7H,1H3,(H2,14,15). The molecule has 0 aliphatic rings. The maximum absolute atomic E-state index is 13.9. The van der Waals surface area contributed by atoms with E-state index in [9.17, 15) is 4.39 Å². The molecule has 0 aliphatic carbocycles. The van der Waals surface area contributed by atoms with Crippen LogP contribution in [-0.2, 0) is 0 Å². The lowest BCUT2D eigenvalue weighted by Gasteiger charge is -2.07. The highest BCUT2D eigenvalue weighted by molar-refractivity contribution is 5.66. The van der Waals surface area contributed by atoms with Crippen molar-refractivity contribution < 1.29 is 9.13 Å². The zero-order valence-electron chi connectivity index (χ0n) is 8.77. The van der Waals surface area contributed by atoms with Crippen LogP contribution in [0.5, 0.6) is 5.75 Å². The van der Waals surface area contributed by atoms with Crippen LogP contribution in [-0.4, -0.2) is 12.1 Å². The number of hydrogen-bond donors (Lipinski definition) is 1. The fraction of sp³-hybridized carbons (Fsp3) is 0.0833. The van der Waals surface area contributed by atoms with E-state index < -0.39 is 5.82 Å². The number of ether oxygens (including phenoxy) is 1. The summed E-state index contributed by atoms with van der Waals surface area (Å²) in [5.74, 6) is 0.234. The van der Waals surface area contributed by atoms with Gasteiger partial charge in [-0.2, -0.15) is 0 Å². The Morgan fingerprint density at radius 2 is 2.06 bits per heavy atom. The minimum Gasteiger partial charge on any atom is -0.494 e. The average Bonchev–Trinajstić information content (AvgIpc) is 2.31. The third-order valence-electron chi connectivity index (χ3n) is 2.28. The molecule has 2 rings (SSSR count). The third-order valence-corrected chi connectivity index (χ3v) is 2.28. The van der Waals surface area contributed by atoms with Crippen LogP contribution in [0, 0.1) is 5.82 Å². The minimum atomic E-state index is -0.392. The Morgan fingerprint density at radius 3 is 2.69 bits per heavy atom. The predicted molar refractivity (Wildman–Crippen MR) is 60.6 cm³/mol. The number of anilines is 1. The van der Waals surface area contributed by atoms with Gasteiger partial charge < -0.3 is 10.5 Å². The number of rotatable bonds is 2. The highest BCUT2D eigenvalue weighted by Crippen LogP contribution is 2.28. The lowest BCUT2D eigenvalue weighted by molar-refractivity contribution is 0.387. The quantitative estimate of drug-likeness (QED) is 0.842. The zero-order chi connectivity index (χ0) is 11.5. The number of aromatic nitrogens is 1. The number of nitrogen functional groups attached to an aromatic ring is 1. The van der Waals surface area contributed by atoms with Crippen molar-refractivity contribution in [3.63, 3.8) is 0 Å². The molecule has 16 heavy (non-hydrogen) atoms. The summed E-state index contributed by atoms with van der Waals surface area (Å²) in [7, 11) is 1.43. The molecule has 0 saturated carbocycles. The van der Waals surface area contributed by atoms with Gasteiger partial charge in [-0.05, 0) is 18.2 Å². The lowest BCUT2D eigenvalue weighted by atomic mass is 10.1. The molecule has 1 aromatic carbocycles. The molecule has 0 fully saturated rings. The van der Waals surface area contributed by atoms with Crippen LogP contribution in [0.2, 0.25) is 0 Å². The monoisotopic (exact) mass is 218 g/mol. The number of halogens is 1. The van der Waals surface area contributed by atoms with Gasteiger partial charge in [0.05, 0.1) is 7.11 Å². The second-order valence-corrected chi connectivity index (χ2v) is 3.29. The molecule has 4 heteroatoms. The van der Waals surface area contributed by atoms with Gasteiger partial charge in [0.1, 0.15) is 5.82 Å². The summed E-state index contributed by atoms with van der Waals surface area (Å²) in [4.78, 5) is 3.92. The van der Waals surface area contributed by atoms with E-state index in [1.807, 2.05) is 0 Å². The molecular weight excluding hydrogens is 207 g/mol. The first-order valence-electron chi connectivity index (χ1n) is 4.77. The Labute approximate surface area is 92.7 Å². The average molecular weight is 218 g/mol. The number of benzene rings is 1. The van der Waals surface area contributed by atoms with Crippen molar-refractivity contribution in [2.24, 2.45) is 0 Å². The minimum absolute atomic E-state index is 0.217. The van der Waals surface area contributed by atoms with Crippen LogP contribution in [0.1, 0.15) is 0 Å². The molecule has 3 nitrogen and oxygen atoms in total. The van der Waals surface area contributed by atoms with Gasteiger partial charge >= 0.3 is 0 Å². The molecule has 82 valence electrons. The van der Waals surface area contributed by atoms with Crippen molar-refractivity contribution in [3.8, 4) is 16.9 Å². The van der Waals surface area contributed by atoms with E-state index in [-0.39, 0.29) is 5.75 Å². The summed E-state index contributed by atoms with van der Waals surface area (Å²) in [5, 5.41) is 0. The topological polar surface area (TPSA) is 48.1 Å². The number of nitrogens with two attached hydrogens (primary N) is 1. The first-order valence-corrected chi connectivity index (χ1v) is 4.77. The first kappa shape index (κ1) is 10.4. The third kappa shape index (κ3) is 1.82. The largest absolute Gasteiger partial charge is 0.494 e. The van der Waals surface area contributed by atoms with E-state index in [0.717, 1.165) is 0 Å². The molecular formula is C12H11FN2O. The lowest BCUT2D eigenvalue weighted by Crippen LogP contribution is -1.93. The van der Waals surface area contributed by atoms with Crippen molar-refractivity contribution in [2.45, 2.75) is 0 Å². The number of nitrogens with zero attached hydrogens (tertiary/aromatic N) is 1. The van der Waals surface area contributed by atoms with Crippen LogP contribution < -0.4 is 10.5 Å². The fourth-order valence-electron chi connectivity index (χ4n) is 1.46. The van der Waals surface area contributed by atoms with Crippen LogP contribution in [0.4, 0.5) is 10.2 Å². The Morgan fingerprint density at radius 1 is 1.25 bits per heavy atom. The second kappa shape index (κ2) is 4.18. The van der Waals surface area contributed by atoms with E-state index >= 15 is 0 Å². The summed E-state index contributed by atoms with van der Waals surface area (Å²) in [6.45, 7) is 0. The molecule has 0 unspecified atom stereocenters.